The highest BCUT2D eigenvalue weighted by molar-refractivity contribution is 5.69. The van der Waals surface area contributed by atoms with Gasteiger partial charge in [-0.1, -0.05) is 0 Å². The monoisotopic (exact) mass is 294 g/mol. The van der Waals surface area contributed by atoms with Crippen LogP contribution in [0.15, 0.2) is 12.1 Å². The summed E-state index contributed by atoms with van der Waals surface area (Å²) in [6, 6.07) is 3.59. The van der Waals surface area contributed by atoms with Crippen molar-refractivity contribution in [3.8, 4) is 0 Å². The number of carbonyl (C=O) groups is 1. The number of likely N-dealkylation sites (N-methyl/N-ethyl adjacent to an activating group) is 1. The second kappa shape index (κ2) is 6.62. The van der Waals surface area contributed by atoms with Crippen LogP contribution in [0, 0.1) is 0 Å². The Morgan fingerprint density at radius 2 is 2.33 bits per heavy atom. The first-order valence-corrected chi connectivity index (χ1v) is 7.10. The van der Waals surface area contributed by atoms with Gasteiger partial charge in [0.15, 0.2) is 5.82 Å². The van der Waals surface area contributed by atoms with Gasteiger partial charge in [-0.15, -0.1) is 0 Å². The molecule has 1 aliphatic rings. The molecule has 0 amide bonds. The molecule has 1 saturated heterocycles. The first-order chi connectivity index (χ1) is 10.0. The van der Waals surface area contributed by atoms with Crippen molar-refractivity contribution in [3.05, 3.63) is 12.1 Å². The van der Waals surface area contributed by atoms with Crippen LogP contribution in [-0.2, 0) is 4.79 Å². The Hall–Kier alpha value is -2.02. The molecule has 1 aromatic rings. The normalized spacial score (nSPS) is 18.0. The standard InChI is InChI=1S/C14H22N4O3/c1-17(7-8-19)14-11(15)4-5-12(16-14)18-6-2-3-10(18)9-13(20)21/h4-5,10,19H,2-3,6-9,15H2,1H3,(H,20,21). The van der Waals surface area contributed by atoms with Crippen LogP contribution in [-0.4, -0.2) is 54.0 Å². The molecule has 7 nitrogen and oxygen atoms in total. The number of nitrogens with zero attached hydrogens (tertiary/aromatic N) is 3. The Kier molecular flexibility index (Phi) is 4.85. The number of aliphatic hydroxyl groups excluding tert-OH is 1. The minimum atomic E-state index is -0.792. The SMILES string of the molecule is CN(CCO)c1nc(N2CCCC2CC(=O)O)ccc1N. The van der Waals surface area contributed by atoms with Crippen molar-refractivity contribution in [1.29, 1.82) is 0 Å². The molecule has 0 saturated carbocycles. The number of aliphatic hydroxyl groups is 1. The predicted octanol–water partition coefficient (Wildman–Crippen LogP) is 0.536. The van der Waals surface area contributed by atoms with E-state index in [9.17, 15) is 4.79 Å². The van der Waals surface area contributed by atoms with Crippen LogP contribution in [0.3, 0.4) is 0 Å². The van der Waals surface area contributed by atoms with Crippen LogP contribution in [0.1, 0.15) is 19.3 Å². The molecular formula is C14H22N4O3. The first kappa shape index (κ1) is 15.4. The van der Waals surface area contributed by atoms with E-state index in [-0.39, 0.29) is 19.1 Å². The van der Waals surface area contributed by atoms with Crippen molar-refractivity contribution < 1.29 is 15.0 Å². The molecule has 0 aliphatic carbocycles. The van der Waals surface area contributed by atoms with E-state index in [1.807, 2.05) is 18.0 Å². The lowest BCUT2D eigenvalue weighted by Gasteiger charge is -2.27. The number of rotatable bonds is 6. The summed E-state index contributed by atoms with van der Waals surface area (Å²) in [5, 5.41) is 18.0. The molecule has 1 aromatic heterocycles. The maximum atomic E-state index is 10.9. The van der Waals surface area contributed by atoms with E-state index in [1.54, 1.807) is 11.0 Å². The fourth-order valence-electron chi connectivity index (χ4n) is 2.72. The highest BCUT2D eigenvalue weighted by atomic mass is 16.4. The molecule has 116 valence electrons. The van der Waals surface area contributed by atoms with E-state index >= 15 is 0 Å². The summed E-state index contributed by atoms with van der Waals surface area (Å²) in [5.74, 6) is 0.565. The van der Waals surface area contributed by atoms with E-state index in [0.29, 0.717) is 18.1 Å². The molecule has 21 heavy (non-hydrogen) atoms. The van der Waals surface area contributed by atoms with Crippen molar-refractivity contribution in [3.63, 3.8) is 0 Å². The maximum absolute atomic E-state index is 10.9. The number of nitrogens with two attached hydrogens (primary N) is 1. The molecule has 0 radical (unpaired) electrons. The van der Waals surface area contributed by atoms with Gasteiger partial charge in [0, 0.05) is 26.2 Å². The number of carboxylic acids is 1. The van der Waals surface area contributed by atoms with Crippen LogP contribution in [0.5, 0.6) is 0 Å². The second-order valence-corrected chi connectivity index (χ2v) is 5.31. The fourth-order valence-corrected chi connectivity index (χ4v) is 2.72. The summed E-state index contributed by atoms with van der Waals surface area (Å²) in [7, 11) is 1.82. The smallest absolute Gasteiger partial charge is 0.305 e. The average molecular weight is 294 g/mol. The minimum absolute atomic E-state index is 0.0189. The van der Waals surface area contributed by atoms with Gasteiger partial charge in [0.1, 0.15) is 5.82 Å². The van der Waals surface area contributed by atoms with Crippen LogP contribution in [0.2, 0.25) is 0 Å². The molecule has 0 bridgehead atoms. The zero-order valence-corrected chi connectivity index (χ0v) is 12.2. The van der Waals surface area contributed by atoms with Crippen LogP contribution in [0.4, 0.5) is 17.3 Å². The number of carboxylic acid groups (broad SMARTS) is 1. The molecule has 4 N–H and O–H groups in total. The van der Waals surface area contributed by atoms with Gasteiger partial charge in [-0.25, -0.2) is 4.98 Å². The topological polar surface area (TPSA) is 103 Å². The molecule has 1 atom stereocenters. The number of aromatic nitrogens is 1. The number of nitrogen functional groups attached to an aromatic ring is 1. The van der Waals surface area contributed by atoms with Gasteiger partial charge in [-0.05, 0) is 25.0 Å². The predicted molar refractivity (Wildman–Crippen MR) is 81.6 cm³/mol. The van der Waals surface area contributed by atoms with Gasteiger partial charge < -0.3 is 25.7 Å². The Morgan fingerprint density at radius 3 is 3.00 bits per heavy atom. The Morgan fingerprint density at radius 1 is 1.57 bits per heavy atom. The third-order valence-corrected chi connectivity index (χ3v) is 3.77. The summed E-state index contributed by atoms with van der Waals surface area (Å²) in [6.45, 7) is 1.27. The lowest BCUT2D eigenvalue weighted by molar-refractivity contribution is -0.137. The number of hydrogen-bond acceptors (Lipinski definition) is 6. The Balaban J connectivity index is 2.23. The van der Waals surface area contributed by atoms with E-state index in [1.165, 1.54) is 0 Å². The molecule has 1 aliphatic heterocycles. The first-order valence-electron chi connectivity index (χ1n) is 7.10. The lowest BCUT2D eigenvalue weighted by Crippen LogP contribution is -2.32. The van der Waals surface area contributed by atoms with Gasteiger partial charge in [0.05, 0.1) is 18.7 Å². The van der Waals surface area contributed by atoms with E-state index < -0.39 is 5.97 Å². The van der Waals surface area contributed by atoms with E-state index in [4.69, 9.17) is 15.9 Å². The third-order valence-electron chi connectivity index (χ3n) is 3.77. The summed E-state index contributed by atoms with van der Waals surface area (Å²) in [6.07, 6.45) is 1.94. The zero-order valence-electron chi connectivity index (χ0n) is 12.2. The lowest BCUT2D eigenvalue weighted by atomic mass is 10.1. The van der Waals surface area contributed by atoms with Crippen molar-refractivity contribution >= 4 is 23.3 Å². The van der Waals surface area contributed by atoms with Gasteiger partial charge in [0.2, 0.25) is 0 Å². The molecule has 0 aromatic carbocycles. The van der Waals surface area contributed by atoms with E-state index in [2.05, 4.69) is 4.98 Å². The summed E-state index contributed by atoms with van der Waals surface area (Å²) < 4.78 is 0. The van der Waals surface area contributed by atoms with Crippen LogP contribution in [0.25, 0.3) is 0 Å². The highest BCUT2D eigenvalue weighted by Crippen LogP contribution is 2.29. The van der Waals surface area contributed by atoms with Crippen molar-refractivity contribution in [2.24, 2.45) is 0 Å². The molecule has 2 heterocycles. The third kappa shape index (κ3) is 3.55. The number of pyridine rings is 1. The Bertz CT molecular complexity index is 509. The van der Waals surface area contributed by atoms with E-state index in [0.717, 1.165) is 25.2 Å². The molecular weight excluding hydrogens is 272 g/mol. The highest BCUT2D eigenvalue weighted by Gasteiger charge is 2.28. The molecule has 1 unspecified atom stereocenters. The molecule has 2 rings (SSSR count). The van der Waals surface area contributed by atoms with Crippen molar-refractivity contribution in [2.75, 3.05) is 42.3 Å². The zero-order chi connectivity index (χ0) is 15.4. The number of anilines is 3. The fraction of sp³-hybridized carbons (Fsp3) is 0.571. The largest absolute Gasteiger partial charge is 0.481 e. The minimum Gasteiger partial charge on any atom is -0.481 e. The van der Waals surface area contributed by atoms with Crippen LogP contribution >= 0.6 is 0 Å². The van der Waals surface area contributed by atoms with Gasteiger partial charge in [-0.2, -0.15) is 0 Å². The van der Waals surface area contributed by atoms with Crippen molar-refractivity contribution in [1.82, 2.24) is 4.98 Å². The quantitative estimate of drug-likeness (QED) is 0.703. The van der Waals surface area contributed by atoms with Gasteiger partial charge >= 0.3 is 5.97 Å². The Labute approximate surface area is 124 Å². The average Bonchev–Trinajstić information content (AvgIpc) is 2.87. The van der Waals surface area contributed by atoms with Gasteiger partial charge in [-0.3, -0.25) is 4.79 Å². The molecule has 1 fully saturated rings. The summed E-state index contributed by atoms with van der Waals surface area (Å²) >= 11 is 0. The maximum Gasteiger partial charge on any atom is 0.305 e. The number of hydrogen-bond donors (Lipinski definition) is 3. The van der Waals surface area contributed by atoms with Crippen LogP contribution < -0.4 is 15.5 Å². The summed E-state index contributed by atoms with van der Waals surface area (Å²) in [5.41, 5.74) is 6.48. The molecule has 7 heteroatoms. The second-order valence-electron chi connectivity index (χ2n) is 5.31. The molecule has 0 spiro atoms. The number of aliphatic carboxylic acids is 1. The van der Waals surface area contributed by atoms with Crippen molar-refractivity contribution in [2.45, 2.75) is 25.3 Å². The van der Waals surface area contributed by atoms with Gasteiger partial charge in [0.25, 0.3) is 0 Å². The summed E-state index contributed by atoms with van der Waals surface area (Å²) in [4.78, 5) is 19.3.